The number of carboxylic acids is 1. The number of benzene rings is 1. The number of hydrogen-bond acceptors (Lipinski definition) is 7. The smallest absolute Gasteiger partial charge is 0.308 e. The molecule has 0 radical (unpaired) electrons. The Hall–Kier alpha value is -2.20. The van der Waals surface area contributed by atoms with Gasteiger partial charge in [0.1, 0.15) is 11.6 Å². The number of rotatable bonds is 10. The second-order valence-corrected chi connectivity index (χ2v) is 11.3. The maximum atomic E-state index is 13.2. The summed E-state index contributed by atoms with van der Waals surface area (Å²) in [4.78, 5) is 31.7. The van der Waals surface area contributed by atoms with Gasteiger partial charge >= 0.3 is 5.97 Å². The van der Waals surface area contributed by atoms with Crippen LogP contribution in [0.1, 0.15) is 29.6 Å². The molecule has 1 aromatic carbocycles. The summed E-state index contributed by atoms with van der Waals surface area (Å²) in [6, 6.07) is 6.83. The molecule has 3 aromatic rings. The first kappa shape index (κ1) is 25.9. The van der Waals surface area contributed by atoms with Gasteiger partial charge in [0.05, 0.1) is 27.8 Å². The first-order valence-electron chi connectivity index (χ1n) is 11.3. The maximum absolute atomic E-state index is 13.2. The molecule has 4 rings (SSSR count). The number of aromatic nitrogens is 1. The van der Waals surface area contributed by atoms with Crippen molar-refractivity contribution < 1.29 is 23.8 Å². The van der Waals surface area contributed by atoms with Gasteiger partial charge in [-0.3, -0.25) is 14.6 Å². The fraction of sp³-hybridized carbons (Fsp3) is 0.400. The minimum Gasteiger partial charge on any atom is -0.497 e. The van der Waals surface area contributed by atoms with E-state index in [0.29, 0.717) is 41.6 Å². The number of Topliss-reactive ketones (excluding diaryl/α,β-unsaturated/α-hetero) is 1. The molecule has 10 heteroatoms. The molecule has 0 bridgehead atoms. The molecule has 1 aliphatic heterocycles. The molecule has 1 aliphatic rings. The highest BCUT2D eigenvalue weighted by Gasteiger charge is 2.34. The van der Waals surface area contributed by atoms with Crippen molar-refractivity contribution in [2.24, 2.45) is 11.8 Å². The molecule has 0 spiro atoms. The van der Waals surface area contributed by atoms with Crippen LogP contribution in [0.4, 0.5) is 4.39 Å². The van der Waals surface area contributed by atoms with Gasteiger partial charge in [0, 0.05) is 47.8 Å². The molecule has 0 unspecified atom stereocenters. The number of pyridine rings is 1. The molecule has 0 amide bonds. The van der Waals surface area contributed by atoms with Gasteiger partial charge in [-0.2, -0.15) is 0 Å². The van der Waals surface area contributed by atoms with E-state index in [2.05, 4.69) is 9.88 Å². The Morgan fingerprint density at radius 2 is 2.20 bits per heavy atom. The van der Waals surface area contributed by atoms with Crippen LogP contribution in [0.2, 0.25) is 5.02 Å². The highest BCUT2D eigenvalue weighted by Crippen LogP contribution is 2.33. The van der Waals surface area contributed by atoms with Crippen LogP contribution in [0.25, 0.3) is 10.9 Å². The zero-order valence-electron chi connectivity index (χ0n) is 19.2. The molecule has 2 aromatic heterocycles. The van der Waals surface area contributed by atoms with Gasteiger partial charge in [-0.1, -0.05) is 11.6 Å². The Labute approximate surface area is 216 Å². The van der Waals surface area contributed by atoms with E-state index in [9.17, 15) is 19.1 Å². The second kappa shape index (κ2) is 11.7. The van der Waals surface area contributed by atoms with Crippen LogP contribution in [0.5, 0.6) is 5.75 Å². The van der Waals surface area contributed by atoms with E-state index in [4.69, 9.17) is 16.3 Å². The lowest BCUT2D eigenvalue weighted by molar-refractivity contribution is -0.146. The number of halogens is 2. The summed E-state index contributed by atoms with van der Waals surface area (Å²) in [6.07, 6.45) is 2.88. The number of piperidine rings is 1. The quantitative estimate of drug-likeness (QED) is 0.256. The lowest BCUT2D eigenvalue weighted by Crippen LogP contribution is -2.44. The summed E-state index contributed by atoms with van der Waals surface area (Å²) in [5, 5.41) is 12.3. The molecule has 1 fully saturated rings. The lowest BCUT2D eigenvalue weighted by Gasteiger charge is -2.36. The Morgan fingerprint density at radius 3 is 2.91 bits per heavy atom. The Bertz CT molecular complexity index is 1220. The van der Waals surface area contributed by atoms with Gasteiger partial charge in [-0.15, -0.1) is 23.1 Å². The van der Waals surface area contributed by atoms with E-state index in [1.54, 1.807) is 37.1 Å². The van der Waals surface area contributed by atoms with Crippen LogP contribution in [0.15, 0.2) is 40.1 Å². The predicted molar refractivity (Wildman–Crippen MR) is 138 cm³/mol. The molecule has 0 saturated carbocycles. The summed E-state index contributed by atoms with van der Waals surface area (Å²) in [7, 11) is 1.56. The summed E-state index contributed by atoms with van der Waals surface area (Å²) >= 11 is 9.32. The monoisotopic (exact) mass is 536 g/mol. The van der Waals surface area contributed by atoms with Gasteiger partial charge in [0.25, 0.3) is 0 Å². The van der Waals surface area contributed by atoms with Crippen molar-refractivity contribution in [3.63, 3.8) is 0 Å². The van der Waals surface area contributed by atoms with Crippen LogP contribution in [-0.2, 0) is 4.79 Å². The number of fused-ring (bicyclic) bond motifs is 1. The predicted octanol–water partition coefficient (Wildman–Crippen LogP) is 5.88. The number of aliphatic carboxylic acids is 1. The van der Waals surface area contributed by atoms with E-state index >= 15 is 0 Å². The Balaban J connectivity index is 1.37. The largest absolute Gasteiger partial charge is 0.497 e. The summed E-state index contributed by atoms with van der Waals surface area (Å²) in [5.74, 6) is -0.431. The normalized spacial score (nSPS) is 18.6. The third-order valence-electron chi connectivity index (χ3n) is 6.40. The number of ether oxygens (including phenoxy) is 1. The molecular formula is C25H26ClFN2O4S2. The number of carboxylic acid groups (broad SMARTS) is 1. The number of methoxy groups -OCH3 is 1. The van der Waals surface area contributed by atoms with Crippen LogP contribution in [0, 0.1) is 17.7 Å². The van der Waals surface area contributed by atoms with E-state index in [0.717, 1.165) is 23.1 Å². The minimum absolute atomic E-state index is 0.0897. The average molecular weight is 537 g/mol. The molecule has 2 atom stereocenters. The molecule has 0 aliphatic carbocycles. The molecular weight excluding hydrogens is 511 g/mol. The van der Waals surface area contributed by atoms with E-state index < -0.39 is 11.9 Å². The van der Waals surface area contributed by atoms with Crippen LogP contribution in [-0.4, -0.2) is 59.2 Å². The van der Waals surface area contributed by atoms with E-state index in [1.165, 1.54) is 29.0 Å². The number of thioether (sulfide) groups is 1. The van der Waals surface area contributed by atoms with Crippen LogP contribution in [0.3, 0.4) is 0 Å². The Morgan fingerprint density at radius 1 is 1.37 bits per heavy atom. The van der Waals surface area contributed by atoms with E-state index in [1.807, 2.05) is 0 Å². The highest BCUT2D eigenvalue weighted by atomic mass is 35.5. The number of thiophene rings is 1. The van der Waals surface area contributed by atoms with Crippen molar-refractivity contribution in [3.8, 4) is 5.75 Å². The number of likely N-dealkylation sites (tertiary alicyclic amines) is 1. The lowest BCUT2D eigenvalue weighted by atomic mass is 9.81. The fourth-order valence-corrected chi connectivity index (χ4v) is 6.69. The number of hydrogen-bond donors (Lipinski definition) is 1. The van der Waals surface area contributed by atoms with Crippen molar-refractivity contribution >= 4 is 57.4 Å². The number of ketones is 1. The van der Waals surface area contributed by atoms with Crippen LogP contribution < -0.4 is 4.74 Å². The van der Waals surface area contributed by atoms with Gasteiger partial charge < -0.3 is 14.7 Å². The van der Waals surface area contributed by atoms with Gasteiger partial charge in [0.15, 0.2) is 5.78 Å². The van der Waals surface area contributed by atoms with Gasteiger partial charge in [-0.25, -0.2) is 4.39 Å². The summed E-state index contributed by atoms with van der Waals surface area (Å²) in [5.41, 5.74) is 1.06. The summed E-state index contributed by atoms with van der Waals surface area (Å²) < 4.78 is 19.4. The molecule has 1 N–H and O–H groups in total. The highest BCUT2D eigenvalue weighted by molar-refractivity contribution is 8.01. The standard InChI is InChI=1S/C25H26ClFN2O4S2/c1-33-17-3-4-21-18(11-17)24(20(26)12-28-21)22(30)5-2-15-6-7-29(13-19(15)25(31)32)8-9-34-23-10-16(27)14-35-23/h3-4,10-12,14-15,19H,2,5-9,13H2,1H3,(H,31,32)/t15-,19+/m0/s1. The maximum Gasteiger partial charge on any atom is 0.308 e. The first-order chi connectivity index (χ1) is 16.9. The molecule has 6 nitrogen and oxygen atoms in total. The molecule has 3 heterocycles. The third-order valence-corrected chi connectivity index (χ3v) is 8.81. The third kappa shape index (κ3) is 6.33. The van der Waals surface area contributed by atoms with Crippen molar-refractivity contribution in [2.45, 2.75) is 23.5 Å². The fourth-order valence-electron chi connectivity index (χ4n) is 4.54. The molecule has 186 valence electrons. The zero-order valence-corrected chi connectivity index (χ0v) is 21.6. The topological polar surface area (TPSA) is 79.7 Å². The number of carbonyl (C=O) groups excluding carboxylic acids is 1. The van der Waals surface area contributed by atoms with Crippen molar-refractivity contribution in [3.05, 3.63) is 52.2 Å². The van der Waals surface area contributed by atoms with E-state index in [-0.39, 0.29) is 29.0 Å². The Kier molecular flexibility index (Phi) is 8.64. The first-order valence-corrected chi connectivity index (χ1v) is 13.6. The zero-order chi connectivity index (χ0) is 24.9. The van der Waals surface area contributed by atoms with Gasteiger partial charge in [-0.05, 0) is 49.6 Å². The number of nitrogens with zero attached hydrogens (tertiary/aromatic N) is 2. The summed E-state index contributed by atoms with van der Waals surface area (Å²) in [6.45, 7) is 1.96. The van der Waals surface area contributed by atoms with Gasteiger partial charge in [0.2, 0.25) is 0 Å². The van der Waals surface area contributed by atoms with Crippen molar-refractivity contribution in [1.29, 1.82) is 0 Å². The van der Waals surface area contributed by atoms with Crippen LogP contribution >= 0.6 is 34.7 Å². The number of carbonyl (C=O) groups is 2. The SMILES string of the molecule is COc1ccc2ncc(Cl)c(C(=O)CC[C@H]3CCN(CCSc4cc(F)cs4)C[C@H]3C(=O)O)c2c1. The van der Waals surface area contributed by atoms with Crippen molar-refractivity contribution in [2.75, 3.05) is 32.5 Å². The minimum atomic E-state index is -0.836. The second-order valence-electron chi connectivity index (χ2n) is 8.55. The molecule has 1 saturated heterocycles. The molecule has 35 heavy (non-hydrogen) atoms. The average Bonchev–Trinajstić information content (AvgIpc) is 3.27. The van der Waals surface area contributed by atoms with Crippen molar-refractivity contribution in [1.82, 2.24) is 9.88 Å².